The van der Waals surface area contributed by atoms with Crippen molar-refractivity contribution in [2.45, 2.75) is 11.8 Å². The standard InChI is InChI=1S/C18H10ClF3N2O3/c19-24-8-10(7-23-24)12-5-9(16(25)26)6-14-15(12)11-3-1-2-4-13(11)17(14,27)18(20,21)22/h1-8,27H,(H,25,26). The summed E-state index contributed by atoms with van der Waals surface area (Å²) in [5.41, 5.74) is -3.82. The molecule has 0 saturated carbocycles. The van der Waals surface area contributed by atoms with Crippen LogP contribution in [-0.4, -0.2) is 31.7 Å². The van der Waals surface area contributed by atoms with E-state index in [-0.39, 0.29) is 27.8 Å². The zero-order chi connectivity index (χ0) is 19.6. The second kappa shape index (κ2) is 5.58. The third-order valence-corrected chi connectivity index (χ3v) is 4.82. The van der Waals surface area contributed by atoms with Crippen LogP contribution in [0.15, 0.2) is 48.8 Å². The van der Waals surface area contributed by atoms with Gasteiger partial charge in [-0.3, -0.25) is 0 Å². The number of aromatic nitrogens is 2. The van der Waals surface area contributed by atoms with Crippen molar-refractivity contribution in [2.75, 3.05) is 0 Å². The number of benzene rings is 2. The van der Waals surface area contributed by atoms with Gasteiger partial charge in [-0.25, -0.2) is 4.79 Å². The van der Waals surface area contributed by atoms with Crippen LogP contribution in [0.25, 0.3) is 22.3 Å². The number of carbonyl (C=O) groups is 1. The maximum Gasteiger partial charge on any atom is 0.425 e. The van der Waals surface area contributed by atoms with Crippen LogP contribution < -0.4 is 0 Å². The normalized spacial score (nSPS) is 18.3. The molecule has 4 rings (SSSR count). The Morgan fingerprint density at radius 2 is 1.85 bits per heavy atom. The number of halogens is 4. The van der Waals surface area contributed by atoms with E-state index in [9.17, 15) is 28.2 Å². The number of nitrogens with zero attached hydrogens (tertiary/aromatic N) is 2. The molecule has 1 unspecified atom stereocenters. The predicted molar refractivity (Wildman–Crippen MR) is 90.4 cm³/mol. The van der Waals surface area contributed by atoms with Crippen LogP contribution >= 0.6 is 11.8 Å². The second-order valence-electron chi connectivity index (χ2n) is 6.12. The van der Waals surface area contributed by atoms with E-state index in [2.05, 4.69) is 5.10 Å². The Kier molecular flexibility index (Phi) is 3.63. The summed E-state index contributed by atoms with van der Waals surface area (Å²) in [6.07, 6.45) is -2.41. The lowest BCUT2D eigenvalue weighted by molar-refractivity contribution is -0.246. The average Bonchev–Trinajstić information content (AvgIpc) is 3.15. The van der Waals surface area contributed by atoms with E-state index in [0.29, 0.717) is 5.56 Å². The molecule has 1 aliphatic carbocycles. The van der Waals surface area contributed by atoms with E-state index in [0.717, 1.165) is 10.3 Å². The van der Waals surface area contributed by atoms with Gasteiger partial charge >= 0.3 is 12.1 Å². The Hall–Kier alpha value is -2.84. The van der Waals surface area contributed by atoms with Crippen molar-refractivity contribution >= 4 is 17.7 Å². The molecule has 1 heterocycles. The third-order valence-electron chi connectivity index (χ3n) is 4.64. The summed E-state index contributed by atoms with van der Waals surface area (Å²) >= 11 is 5.75. The molecule has 0 fully saturated rings. The van der Waals surface area contributed by atoms with Gasteiger partial charge in [-0.05, 0) is 28.8 Å². The zero-order valence-electron chi connectivity index (χ0n) is 13.3. The van der Waals surface area contributed by atoms with Gasteiger partial charge in [-0.1, -0.05) is 24.3 Å². The van der Waals surface area contributed by atoms with Crippen LogP contribution in [0, 0.1) is 0 Å². The van der Waals surface area contributed by atoms with Crippen LogP contribution in [-0.2, 0) is 5.60 Å². The van der Waals surface area contributed by atoms with Gasteiger partial charge in [-0.2, -0.15) is 22.5 Å². The van der Waals surface area contributed by atoms with Crippen molar-refractivity contribution in [1.82, 2.24) is 9.30 Å². The molecule has 3 aromatic rings. The summed E-state index contributed by atoms with van der Waals surface area (Å²) in [6.45, 7) is 0. The van der Waals surface area contributed by atoms with E-state index in [1.54, 1.807) is 6.07 Å². The summed E-state index contributed by atoms with van der Waals surface area (Å²) in [4.78, 5) is 11.5. The Morgan fingerprint density at radius 1 is 1.15 bits per heavy atom. The summed E-state index contributed by atoms with van der Waals surface area (Å²) in [5, 5.41) is 23.9. The highest BCUT2D eigenvalue weighted by molar-refractivity contribution is 6.15. The van der Waals surface area contributed by atoms with Crippen LogP contribution in [0.3, 0.4) is 0 Å². The van der Waals surface area contributed by atoms with Crippen molar-refractivity contribution in [3.8, 4) is 22.3 Å². The van der Waals surface area contributed by atoms with E-state index in [1.165, 1.54) is 36.7 Å². The fourth-order valence-corrected chi connectivity index (χ4v) is 3.62. The van der Waals surface area contributed by atoms with Gasteiger partial charge in [0.25, 0.3) is 0 Å². The van der Waals surface area contributed by atoms with E-state index >= 15 is 0 Å². The molecule has 2 N–H and O–H groups in total. The molecule has 27 heavy (non-hydrogen) atoms. The molecule has 0 amide bonds. The van der Waals surface area contributed by atoms with Crippen molar-refractivity contribution in [3.63, 3.8) is 0 Å². The predicted octanol–water partition coefficient (Wildman–Crippen LogP) is 4.03. The van der Waals surface area contributed by atoms with Crippen molar-refractivity contribution in [1.29, 1.82) is 0 Å². The topological polar surface area (TPSA) is 75.3 Å². The van der Waals surface area contributed by atoms with Gasteiger partial charge in [0.1, 0.15) is 0 Å². The highest BCUT2D eigenvalue weighted by Crippen LogP contribution is 2.57. The first kappa shape index (κ1) is 17.6. The molecule has 0 aliphatic heterocycles. The van der Waals surface area contributed by atoms with Gasteiger partial charge in [-0.15, -0.1) is 0 Å². The molecule has 0 bridgehead atoms. The quantitative estimate of drug-likeness (QED) is 0.688. The number of alkyl halides is 3. The number of aliphatic hydroxyl groups is 1. The number of hydrogen-bond acceptors (Lipinski definition) is 3. The summed E-state index contributed by atoms with van der Waals surface area (Å²) in [6, 6.07) is 7.67. The lowest BCUT2D eigenvalue weighted by atomic mass is 9.88. The molecule has 5 nitrogen and oxygen atoms in total. The van der Waals surface area contributed by atoms with E-state index < -0.39 is 23.3 Å². The molecular formula is C18H10ClF3N2O3. The fourth-order valence-electron chi connectivity index (χ4n) is 3.47. The molecule has 0 spiro atoms. The minimum atomic E-state index is -5.06. The van der Waals surface area contributed by atoms with E-state index in [4.69, 9.17) is 11.8 Å². The van der Waals surface area contributed by atoms with Gasteiger partial charge in [0.05, 0.1) is 18.0 Å². The van der Waals surface area contributed by atoms with Crippen LogP contribution in [0.1, 0.15) is 21.5 Å². The lowest BCUT2D eigenvalue weighted by Crippen LogP contribution is -2.41. The number of rotatable bonds is 2. The van der Waals surface area contributed by atoms with Crippen molar-refractivity contribution in [2.24, 2.45) is 0 Å². The van der Waals surface area contributed by atoms with Crippen molar-refractivity contribution < 1.29 is 28.2 Å². The minimum Gasteiger partial charge on any atom is -0.478 e. The number of carboxylic acid groups (broad SMARTS) is 1. The van der Waals surface area contributed by atoms with E-state index in [1.807, 2.05) is 0 Å². The summed E-state index contributed by atoms with van der Waals surface area (Å²) in [7, 11) is 0. The minimum absolute atomic E-state index is 0.0973. The first-order chi connectivity index (χ1) is 12.6. The highest BCUT2D eigenvalue weighted by atomic mass is 35.5. The Labute approximate surface area is 155 Å². The summed E-state index contributed by atoms with van der Waals surface area (Å²) in [5.74, 6) is -1.42. The van der Waals surface area contributed by atoms with Crippen molar-refractivity contribution in [3.05, 3.63) is 65.5 Å². The third kappa shape index (κ3) is 2.37. The Bertz CT molecular complexity index is 1090. The average molecular weight is 395 g/mol. The summed E-state index contributed by atoms with van der Waals surface area (Å²) < 4.78 is 42.8. The van der Waals surface area contributed by atoms with Crippen LogP contribution in [0.5, 0.6) is 0 Å². The maximum absolute atomic E-state index is 13.9. The first-order valence-electron chi connectivity index (χ1n) is 7.66. The molecule has 0 radical (unpaired) electrons. The first-order valence-corrected chi connectivity index (χ1v) is 8.00. The smallest absolute Gasteiger partial charge is 0.425 e. The molecule has 9 heteroatoms. The van der Waals surface area contributed by atoms with Crippen LogP contribution in [0.4, 0.5) is 13.2 Å². The molecule has 1 aliphatic rings. The van der Waals surface area contributed by atoms with Gasteiger partial charge < -0.3 is 10.2 Å². The number of hydrogen-bond donors (Lipinski definition) is 2. The van der Waals surface area contributed by atoms with Gasteiger partial charge in [0.15, 0.2) is 0 Å². The molecule has 1 aromatic heterocycles. The zero-order valence-corrected chi connectivity index (χ0v) is 14.1. The second-order valence-corrected chi connectivity index (χ2v) is 6.47. The van der Waals surface area contributed by atoms with Gasteiger partial charge in [0, 0.05) is 28.5 Å². The maximum atomic E-state index is 13.9. The monoisotopic (exact) mass is 394 g/mol. The Balaban J connectivity index is 2.16. The Morgan fingerprint density at radius 3 is 2.44 bits per heavy atom. The van der Waals surface area contributed by atoms with Crippen LogP contribution in [0.2, 0.25) is 0 Å². The largest absolute Gasteiger partial charge is 0.478 e. The molecule has 0 saturated heterocycles. The number of carboxylic acids is 1. The molecular weight excluding hydrogens is 385 g/mol. The van der Waals surface area contributed by atoms with Gasteiger partial charge in [0.2, 0.25) is 5.60 Å². The fraction of sp³-hybridized carbons (Fsp3) is 0.111. The number of aromatic carboxylic acids is 1. The molecule has 138 valence electrons. The SMILES string of the molecule is O=C(O)c1cc(-c2cnn(Cl)c2)c2c(c1)C(O)(C(F)(F)F)c1ccccc1-2. The molecule has 2 aromatic carbocycles. The molecule has 1 atom stereocenters. The number of fused-ring (bicyclic) bond motifs is 3. The lowest BCUT2D eigenvalue weighted by Gasteiger charge is -2.28. The highest BCUT2D eigenvalue weighted by Gasteiger charge is 2.61.